The Balaban J connectivity index is 1.43. The zero-order valence-electron chi connectivity index (χ0n) is 22.0. The number of hydrogen-bond donors (Lipinski definition) is 2. The Morgan fingerprint density at radius 2 is 1.25 bits per heavy atom. The molecule has 0 aliphatic heterocycles. The third kappa shape index (κ3) is 8.37. The Hall–Kier alpha value is -3.40. The van der Waals surface area contributed by atoms with Gasteiger partial charge in [-0.15, -0.1) is 0 Å². The Kier molecular flexibility index (Phi) is 9.46. The highest BCUT2D eigenvalue weighted by molar-refractivity contribution is 5.94. The first-order valence-corrected chi connectivity index (χ1v) is 12.9. The van der Waals surface area contributed by atoms with Gasteiger partial charge in [-0.25, -0.2) is 0 Å². The minimum Gasteiger partial charge on any atom is -0.481 e. The van der Waals surface area contributed by atoms with Crippen LogP contribution in [0.3, 0.4) is 0 Å². The van der Waals surface area contributed by atoms with Crippen LogP contribution < -0.4 is 5.32 Å². The highest BCUT2D eigenvalue weighted by Crippen LogP contribution is 2.26. The van der Waals surface area contributed by atoms with Gasteiger partial charge in [0.2, 0.25) is 0 Å². The standard InChI is InChI=1S/C32H39NO3/c1-23(6-8-25-11-15-28(16-12-25)31(36)33-22-21-30(34)35)5-7-24-9-13-26(14-10-24)27-17-19-29(20-18-27)32(2,3)4/h9-20,23H,5-8,21-22H2,1-4H3,(H,33,36)(H,34,35). The summed E-state index contributed by atoms with van der Waals surface area (Å²) < 4.78 is 0. The van der Waals surface area contributed by atoms with Crippen molar-refractivity contribution in [3.05, 3.63) is 95.1 Å². The van der Waals surface area contributed by atoms with Gasteiger partial charge in [0, 0.05) is 12.1 Å². The number of rotatable bonds is 11. The Morgan fingerprint density at radius 1 is 0.778 bits per heavy atom. The first-order valence-electron chi connectivity index (χ1n) is 12.9. The van der Waals surface area contributed by atoms with Crippen molar-refractivity contribution in [2.24, 2.45) is 5.92 Å². The molecule has 0 spiro atoms. The first kappa shape index (κ1) is 27.2. The third-order valence-electron chi connectivity index (χ3n) is 6.73. The Labute approximate surface area is 215 Å². The van der Waals surface area contributed by atoms with Crippen molar-refractivity contribution < 1.29 is 14.7 Å². The smallest absolute Gasteiger partial charge is 0.305 e. The average molecular weight is 486 g/mol. The maximum Gasteiger partial charge on any atom is 0.305 e. The molecule has 1 unspecified atom stereocenters. The minimum absolute atomic E-state index is 0.0721. The topological polar surface area (TPSA) is 66.4 Å². The van der Waals surface area contributed by atoms with Gasteiger partial charge in [-0.2, -0.15) is 0 Å². The summed E-state index contributed by atoms with van der Waals surface area (Å²) in [7, 11) is 0. The van der Waals surface area contributed by atoms with Gasteiger partial charge in [-0.1, -0.05) is 88.4 Å². The highest BCUT2D eigenvalue weighted by atomic mass is 16.4. The van der Waals surface area contributed by atoms with Crippen molar-refractivity contribution >= 4 is 11.9 Å². The van der Waals surface area contributed by atoms with Gasteiger partial charge in [0.1, 0.15) is 0 Å². The molecule has 0 saturated carbocycles. The number of carbonyl (C=O) groups excluding carboxylic acids is 1. The lowest BCUT2D eigenvalue weighted by molar-refractivity contribution is -0.136. The van der Waals surface area contributed by atoms with Crippen LogP contribution in [0.4, 0.5) is 0 Å². The van der Waals surface area contributed by atoms with Gasteiger partial charge < -0.3 is 10.4 Å². The van der Waals surface area contributed by atoms with Crippen LogP contribution in [0, 0.1) is 5.92 Å². The van der Waals surface area contributed by atoms with Crippen molar-refractivity contribution in [3.63, 3.8) is 0 Å². The van der Waals surface area contributed by atoms with Crippen molar-refractivity contribution in [1.82, 2.24) is 5.32 Å². The zero-order chi connectivity index (χ0) is 26.1. The normalized spacial score (nSPS) is 12.2. The number of amides is 1. The lowest BCUT2D eigenvalue weighted by Gasteiger charge is -2.19. The summed E-state index contributed by atoms with van der Waals surface area (Å²) in [5, 5.41) is 11.3. The van der Waals surface area contributed by atoms with E-state index in [2.05, 4.69) is 81.5 Å². The molecule has 0 aliphatic carbocycles. The van der Waals surface area contributed by atoms with Crippen molar-refractivity contribution in [2.75, 3.05) is 6.54 Å². The molecule has 0 radical (unpaired) electrons. The van der Waals surface area contributed by atoms with Gasteiger partial charge in [0.25, 0.3) is 5.91 Å². The first-order chi connectivity index (χ1) is 17.1. The molecule has 2 N–H and O–H groups in total. The molecule has 0 fully saturated rings. The average Bonchev–Trinajstić information content (AvgIpc) is 2.86. The van der Waals surface area contributed by atoms with E-state index in [1.165, 1.54) is 27.8 Å². The van der Waals surface area contributed by atoms with E-state index in [0.29, 0.717) is 11.5 Å². The molecule has 0 bridgehead atoms. The van der Waals surface area contributed by atoms with Gasteiger partial charge in [-0.3, -0.25) is 9.59 Å². The molecule has 4 nitrogen and oxygen atoms in total. The van der Waals surface area contributed by atoms with Crippen LogP contribution in [0.2, 0.25) is 0 Å². The third-order valence-corrected chi connectivity index (χ3v) is 6.73. The van der Waals surface area contributed by atoms with Gasteiger partial charge in [-0.05, 0) is 77.0 Å². The van der Waals surface area contributed by atoms with Crippen LogP contribution in [-0.2, 0) is 23.1 Å². The van der Waals surface area contributed by atoms with E-state index in [0.717, 1.165) is 25.7 Å². The van der Waals surface area contributed by atoms with E-state index >= 15 is 0 Å². The molecule has 36 heavy (non-hydrogen) atoms. The number of aryl methyl sites for hydroxylation is 2. The molecule has 3 aromatic carbocycles. The van der Waals surface area contributed by atoms with Crippen LogP contribution in [0.15, 0.2) is 72.8 Å². The molecule has 0 saturated heterocycles. The van der Waals surface area contributed by atoms with Crippen molar-refractivity contribution in [1.29, 1.82) is 0 Å². The molecule has 0 aliphatic rings. The second-order valence-electron chi connectivity index (χ2n) is 10.8. The van der Waals surface area contributed by atoms with Crippen molar-refractivity contribution in [2.45, 2.75) is 65.2 Å². The number of benzene rings is 3. The maximum absolute atomic E-state index is 12.1. The van der Waals surface area contributed by atoms with Gasteiger partial charge in [0.05, 0.1) is 6.42 Å². The molecule has 3 rings (SSSR count). The second kappa shape index (κ2) is 12.5. The van der Waals surface area contributed by atoms with Gasteiger partial charge >= 0.3 is 5.97 Å². The Bertz CT molecular complexity index is 1120. The largest absolute Gasteiger partial charge is 0.481 e. The van der Waals surface area contributed by atoms with Crippen molar-refractivity contribution in [3.8, 4) is 11.1 Å². The highest BCUT2D eigenvalue weighted by Gasteiger charge is 2.13. The molecule has 0 aromatic heterocycles. The molecular weight excluding hydrogens is 446 g/mol. The summed E-state index contributed by atoms with van der Waals surface area (Å²) in [5.74, 6) is -0.545. The van der Waals surface area contributed by atoms with E-state index in [1.54, 1.807) is 0 Å². The molecule has 0 heterocycles. The number of carboxylic acids is 1. The maximum atomic E-state index is 12.1. The SMILES string of the molecule is CC(CCc1ccc(C(=O)NCCC(=O)O)cc1)CCc1ccc(-c2ccc(C(C)(C)C)cc2)cc1. The number of nitrogens with one attached hydrogen (secondary N) is 1. The van der Waals surface area contributed by atoms with Crippen LogP contribution in [0.25, 0.3) is 11.1 Å². The van der Waals surface area contributed by atoms with E-state index in [-0.39, 0.29) is 24.3 Å². The molecular formula is C32H39NO3. The lowest BCUT2D eigenvalue weighted by Crippen LogP contribution is -2.25. The fourth-order valence-electron chi connectivity index (χ4n) is 4.20. The molecule has 4 heteroatoms. The summed E-state index contributed by atoms with van der Waals surface area (Å²) >= 11 is 0. The van der Waals surface area contributed by atoms with Crippen LogP contribution in [0.1, 0.15) is 74.0 Å². The van der Waals surface area contributed by atoms with Gasteiger partial charge in [0.15, 0.2) is 0 Å². The fraction of sp³-hybridized carbons (Fsp3) is 0.375. The number of carboxylic acid groups (broad SMARTS) is 1. The molecule has 1 amide bonds. The zero-order valence-corrected chi connectivity index (χ0v) is 22.0. The summed E-state index contributed by atoms with van der Waals surface area (Å²) in [4.78, 5) is 22.6. The van der Waals surface area contributed by atoms with Crippen LogP contribution in [-0.4, -0.2) is 23.5 Å². The number of aliphatic carboxylic acids is 1. The molecule has 3 aromatic rings. The number of hydrogen-bond acceptors (Lipinski definition) is 2. The summed E-state index contributed by atoms with van der Waals surface area (Å²) in [5.41, 5.74) is 7.18. The molecule has 190 valence electrons. The number of carbonyl (C=O) groups is 2. The summed E-state index contributed by atoms with van der Waals surface area (Å²) in [6.07, 6.45) is 4.22. The molecule has 1 atom stereocenters. The second-order valence-corrected chi connectivity index (χ2v) is 10.8. The van der Waals surface area contributed by atoms with E-state index in [1.807, 2.05) is 24.3 Å². The summed E-state index contributed by atoms with van der Waals surface area (Å²) in [6, 6.07) is 25.5. The fourth-order valence-corrected chi connectivity index (χ4v) is 4.20. The lowest BCUT2D eigenvalue weighted by atomic mass is 9.86. The Morgan fingerprint density at radius 3 is 1.72 bits per heavy atom. The quantitative estimate of drug-likeness (QED) is 0.306. The minimum atomic E-state index is -0.918. The van der Waals surface area contributed by atoms with E-state index in [4.69, 9.17) is 5.11 Å². The summed E-state index contributed by atoms with van der Waals surface area (Å²) in [6.45, 7) is 9.16. The predicted molar refractivity (Wildman–Crippen MR) is 147 cm³/mol. The monoisotopic (exact) mass is 485 g/mol. The van der Waals surface area contributed by atoms with E-state index < -0.39 is 5.97 Å². The predicted octanol–water partition coefficient (Wildman–Crippen LogP) is 7.06. The van der Waals surface area contributed by atoms with E-state index in [9.17, 15) is 9.59 Å². The van der Waals surface area contributed by atoms with Crippen LogP contribution in [0.5, 0.6) is 0 Å². The van der Waals surface area contributed by atoms with Crippen LogP contribution >= 0.6 is 0 Å².